The third-order valence-corrected chi connectivity index (χ3v) is 5.14. The number of morpholine rings is 1. The van der Waals surface area contributed by atoms with Crippen molar-refractivity contribution in [1.82, 2.24) is 10.2 Å². The predicted octanol–water partition coefficient (Wildman–Crippen LogP) is 2.22. The van der Waals surface area contributed by atoms with Crippen molar-refractivity contribution in [3.05, 3.63) is 0 Å². The topological polar surface area (TPSA) is 72.1 Å². The zero-order valence-corrected chi connectivity index (χ0v) is 18.1. The van der Waals surface area contributed by atoms with Gasteiger partial charge in [-0.2, -0.15) is 0 Å². The predicted molar refractivity (Wildman–Crippen MR) is 114 cm³/mol. The molecule has 0 aromatic heterocycles. The van der Waals surface area contributed by atoms with Crippen LogP contribution in [0.15, 0.2) is 4.99 Å². The Bertz CT molecular complexity index is 370. The molecule has 0 spiro atoms. The van der Waals surface area contributed by atoms with Crippen molar-refractivity contribution in [2.45, 2.75) is 45.4 Å². The SMILES string of the molecule is CCOCCCNC(N)=NCC1(CN2CCOCC2)CCCCC1.I. The summed E-state index contributed by atoms with van der Waals surface area (Å²) in [6, 6.07) is 0. The Hall–Kier alpha value is -0.120. The summed E-state index contributed by atoms with van der Waals surface area (Å²) in [5.41, 5.74) is 6.36. The minimum Gasteiger partial charge on any atom is -0.382 e. The third-order valence-electron chi connectivity index (χ3n) is 5.14. The fraction of sp³-hybridized carbons (Fsp3) is 0.944. The van der Waals surface area contributed by atoms with Gasteiger partial charge in [-0.25, -0.2) is 0 Å². The second kappa shape index (κ2) is 13.1. The van der Waals surface area contributed by atoms with Crippen LogP contribution in [0.3, 0.4) is 0 Å². The quantitative estimate of drug-likeness (QED) is 0.235. The third kappa shape index (κ3) is 8.88. The summed E-state index contributed by atoms with van der Waals surface area (Å²) in [6.07, 6.45) is 7.50. The Labute approximate surface area is 170 Å². The van der Waals surface area contributed by atoms with Crippen molar-refractivity contribution in [3.63, 3.8) is 0 Å². The van der Waals surface area contributed by atoms with Gasteiger partial charge in [-0.1, -0.05) is 19.3 Å². The number of guanidine groups is 1. The van der Waals surface area contributed by atoms with Crippen LogP contribution >= 0.6 is 24.0 Å². The second-order valence-electron chi connectivity index (χ2n) is 7.13. The zero-order valence-electron chi connectivity index (χ0n) is 15.8. The summed E-state index contributed by atoms with van der Waals surface area (Å²) in [5, 5.41) is 3.22. The Morgan fingerprint density at radius 2 is 1.96 bits per heavy atom. The first-order valence-corrected chi connectivity index (χ1v) is 9.66. The normalized spacial score (nSPS) is 21.6. The molecule has 1 saturated heterocycles. The average molecular weight is 468 g/mol. The van der Waals surface area contributed by atoms with Gasteiger partial charge >= 0.3 is 0 Å². The van der Waals surface area contributed by atoms with Gasteiger partial charge in [0.2, 0.25) is 0 Å². The lowest BCUT2D eigenvalue weighted by atomic mass is 9.73. The van der Waals surface area contributed by atoms with Crippen LogP contribution in [0.2, 0.25) is 0 Å². The number of hydrogen-bond acceptors (Lipinski definition) is 4. The summed E-state index contributed by atoms with van der Waals surface area (Å²) in [5.74, 6) is 0.582. The number of rotatable bonds is 9. The molecule has 2 fully saturated rings. The monoisotopic (exact) mass is 468 g/mol. The molecule has 0 unspecified atom stereocenters. The van der Waals surface area contributed by atoms with Crippen LogP contribution in [-0.4, -0.2) is 70.0 Å². The number of ether oxygens (including phenoxy) is 2. The van der Waals surface area contributed by atoms with E-state index in [1.165, 1.54) is 32.1 Å². The van der Waals surface area contributed by atoms with Gasteiger partial charge in [0.25, 0.3) is 0 Å². The summed E-state index contributed by atoms with van der Waals surface area (Å²) in [7, 11) is 0. The number of nitrogens with two attached hydrogens (primary N) is 1. The van der Waals surface area contributed by atoms with Gasteiger partial charge < -0.3 is 20.5 Å². The number of aliphatic imine (C=N–C) groups is 1. The highest BCUT2D eigenvalue weighted by molar-refractivity contribution is 14.0. The highest BCUT2D eigenvalue weighted by atomic mass is 127. The maximum Gasteiger partial charge on any atom is 0.188 e. The lowest BCUT2D eigenvalue weighted by Gasteiger charge is -2.41. The van der Waals surface area contributed by atoms with Gasteiger partial charge in [-0.05, 0) is 26.2 Å². The molecule has 0 aromatic rings. The largest absolute Gasteiger partial charge is 0.382 e. The fourth-order valence-electron chi connectivity index (χ4n) is 3.75. The molecular weight excluding hydrogens is 431 g/mol. The summed E-state index contributed by atoms with van der Waals surface area (Å²) < 4.78 is 10.8. The van der Waals surface area contributed by atoms with Crippen LogP contribution in [0.1, 0.15) is 45.4 Å². The average Bonchev–Trinajstić information content (AvgIpc) is 2.62. The summed E-state index contributed by atoms with van der Waals surface area (Å²) in [4.78, 5) is 7.24. The van der Waals surface area contributed by atoms with Crippen molar-refractivity contribution in [3.8, 4) is 0 Å². The number of nitrogens with one attached hydrogen (secondary N) is 1. The Balaban J connectivity index is 0.00000312. The lowest BCUT2D eigenvalue weighted by molar-refractivity contribution is 0.00938. The Kier molecular flexibility index (Phi) is 12.0. The minimum absolute atomic E-state index is 0. The van der Waals surface area contributed by atoms with Crippen LogP contribution in [0.25, 0.3) is 0 Å². The standard InChI is InChI=1S/C18H36N4O2.HI/c1-2-23-12-6-9-20-17(19)21-15-18(7-4-3-5-8-18)16-22-10-13-24-14-11-22;/h2-16H2,1H3,(H3,19,20,21);1H. The molecule has 1 heterocycles. The molecule has 2 rings (SSSR count). The van der Waals surface area contributed by atoms with Gasteiger partial charge in [0.05, 0.1) is 13.2 Å². The van der Waals surface area contributed by atoms with E-state index in [2.05, 4.69) is 15.2 Å². The van der Waals surface area contributed by atoms with Gasteiger partial charge in [0, 0.05) is 51.4 Å². The lowest BCUT2D eigenvalue weighted by Crippen LogP contribution is -2.46. The summed E-state index contributed by atoms with van der Waals surface area (Å²) in [6.45, 7) is 10.2. The van der Waals surface area contributed by atoms with E-state index in [0.717, 1.165) is 65.6 Å². The Morgan fingerprint density at radius 3 is 2.64 bits per heavy atom. The van der Waals surface area contributed by atoms with Crippen molar-refractivity contribution < 1.29 is 9.47 Å². The van der Waals surface area contributed by atoms with Gasteiger partial charge in [0.15, 0.2) is 5.96 Å². The molecule has 1 aliphatic carbocycles. The Morgan fingerprint density at radius 1 is 1.24 bits per heavy atom. The first-order chi connectivity index (χ1) is 11.7. The molecule has 0 radical (unpaired) electrons. The van der Waals surface area contributed by atoms with Gasteiger partial charge in [-0.15, -0.1) is 24.0 Å². The molecular formula is C18H37IN4O2. The molecule has 1 saturated carbocycles. The van der Waals surface area contributed by atoms with E-state index < -0.39 is 0 Å². The van der Waals surface area contributed by atoms with E-state index in [9.17, 15) is 0 Å². The van der Waals surface area contributed by atoms with Crippen molar-refractivity contribution in [1.29, 1.82) is 0 Å². The van der Waals surface area contributed by atoms with E-state index in [0.29, 0.717) is 11.4 Å². The van der Waals surface area contributed by atoms with Gasteiger partial charge in [0.1, 0.15) is 0 Å². The van der Waals surface area contributed by atoms with Crippen LogP contribution in [0, 0.1) is 5.41 Å². The number of nitrogens with zero attached hydrogens (tertiary/aromatic N) is 2. The van der Waals surface area contributed by atoms with E-state index in [1.807, 2.05) is 6.92 Å². The van der Waals surface area contributed by atoms with Crippen molar-refractivity contribution >= 4 is 29.9 Å². The molecule has 0 amide bonds. The highest BCUT2D eigenvalue weighted by Crippen LogP contribution is 2.37. The van der Waals surface area contributed by atoms with Crippen LogP contribution in [0.5, 0.6) is 0 Å². The maximum atomic E-state index is 6.06. The van der Waals surface area contributed by atoms with Crippen molar-refractivity contribution in [2.24, 2.45) is 16.1 Å². The molecule has 1 aliphatic heterocycles. The molecule has 0 aromatic carbocycles. The van der Waals surface area contributed by atoms with E-state index in [4.69, 9.17) is 15.2 Å². The molecule has 2 aliphatic rings. The van der Waals surface area contributed by atoms with Crippen LogP contribution < -0.4 is 11.1 Å². The minimum atomic E-state index is 0. The van der Waals surface area contributed by atoms with Crippen LogP contribution in [-0.2, 0) is 9.47 Å². The molecule has 0 atom stereocenters. The van der Waals surface area contributed by atoms with E-state index >= 15 is 0 Å². The maximum absolute atomic E-state index is 6.06. The molecule has 25 heavy (non-hydrogen) atoms. The zero-order chi connectivity index (χ0) is 17.1. The first-order valence-electron chi connectivity index (χ1n) is 9.66. The summed E-state index contributed by atoms with van der Waals surface area (Å²) >= 11 is 0. The molecule has 6 nitrogen and oxygen atoms in total. The molecule has 148 valence electrons. The molecule has 7 heteroatoms. The van der Waals surface area contributed by atoms with E-state index in [-0.39, 0.29) is 24.0 Å². The molecule has 3 N–H and O–H groups in total. The highest BCUT2D eigenvalue weighted by Gasteiger charge is 2.34. The van der Waals surface area contributed by atoms with E-state index in [1.54, 1.807) is 0 Å². The first kappa shape index (κ1) is 22.9. The fourth-order valence-corrected chi connectivity index (χ4v) is 3.75. The van der Waals surface area contributed by atoms with Gasteiger partial charge in [-0.3, -0.25) is 9.89 Å². The second-order valence-corrected chi connectivity index (χ2v) is 7.13. The molecule has 0 bridgehead atoms. The number of hydrogen-bond donors (Lipinski definition) is 2. The number of halogens is 1. The smallest absolute Gasteiger partial charge is 0.188 e. The van der Waals surface area contributed by atoms with Crippen molar-refractivity contribution in [2.75, 3.05) is 59.2 Å². The van der Waals surface area contributed by atoms with Crippen LogP contribution in [0.4, 0.5) is 0 Å².